The van der Waals surface area contributed by atoms with Gasteiger partial charge in [0.25, 0.3) is 0 Å². The number of carbonyl (C=O) groups excluding carboxylic acids is 4. The van der Waals surface area contributed by atoms with E-state index in [2.05, 4.69) is 51.5 Å². The SMILES string of the molecule is CC(C)c1nc(CN(C)C(=O)NC(CCN2CCC(=O)C2)C(=O)CC(CCC(Cc2ccccc2)NC(=O)OCc2cncs2)Cc2ccccc2)cs1. The van der Waals surface area contributed by atoms with Crippen LogP contribution in [-0.4, -0.2) is 82.2 Å². The van der Waals surface area contributed by atoms with Gasteiger partial charge in [-0.05, 0) is 49.1 Å². The lowest BCUT2D eigenvalue weighted by Gasteiger charge is -2.27. The lowest BCUT2D eigenvalue weighted by molar-refractivity contribution is -0.122. The molecule has 2 N–H and O–H groups in total. The number of ether oxygens (including phenoxy) is 1. The number of urea groups is 1. The molecule has 13 heteroatoms. The Hall–Kier alpha value is -4.46. The summed E-state index contributed by atoms with van der Waals surface area (Å²) in [7, 11) is 1.71. The number of aromatic nitrogens is 2. The normalized spacial score (nSPS) is 14.8. The van der Waals surface area contributed by atoms with Crippen molar-refractivity contribution in [2.45, 2.75) is 89.9 Å². The van der Waals surface area contributed by atoms with Gasteiger partial charge >= 0.3 is 12.1 Å². The highest BCUT2D eigenvalue weighted by Gasteiger charge is 2.28. The molecule has 0 radical (unpaired) electrons. The highest BCUT2D eigenvalue weighted by Crippen LogP contribution is 2.23. The molecule has 54 heavy (non-hydrogen) atoms. The molecule has 0 bridgehead atoms. The fraction of sp³-hybridized carbons (Fsp3) is 0.463. The lowest BCUT2D eigenvalue weighted by Crippen LogP contribution is -2.48. The Morgan fingerprint density at radius 3 is 2.30 bits per heavy atom. The monoisotopic (exact) mass is 772 g/mol. The molecule has 0 spiro atoms. The summed E-state index contributed by atoms with van der Waals surface area (Å²) in [6.45, 7) is 6.23. The van der Waals surface area contributed by atoms with Gasteiger partial charge in [-0.2, -0.15) is 0 Å². The van der Waals surface area contributed by atoms with E-state index in [0.29, 0.717) is 70.6 Å². The molecular weight excluding hydrogens is 721 g/mol. The van der Waals surface area contributed by atoms with Crippen molar-refractivity contribution in [2.24, 2.45) is 5.92 Å². The second-order valence-corrected chi connectivity index (χ2v) is 16.3. The number of hydrogen-bond donors (Lipinski definition) is 2. The highest BCUT2D eigenvalue weighted by molar-refractivity contribution is 7.09. The topological polar surface area (TPSA) is 134 Å². The predicted octanol–water partition coefficient (Wildman–Crippen LogP) is 7.03. The first-order valence-electron chi connectivity index (χ1n) is 18.7. The van der Waals surface area contributed by atoms with Gasteiger partial charge in [0, 0.05) is 56.5 Å². The second-order valence-electron chi connectivity index (χ2n) is 14.4. The molecule has 1 aliphatic heterocycles. The summed E-state index contributed by atoms with van der Waals surface area (Å²) in [6, 6.07) is 18.8. The standard InChI is InChI=1S/C41H52N6O5S2/c1-29(2)39-43-34(27-53-39)24-46(3)40(50)45-37(17-19-47-18-16-35(48)25-47)38(49)22-32(20-30-10-6-4-7-11-30)14-15-33(21-31-12-8-5-9-13-31)44-41(51)52-26-36-23-42-28-54-36/h4-13,23,27-29,32-33,37H,14-22,24-26H2,1-3H3,(H,44,51)(H,45,50). The minimum Gasteiger partial charge on any atom is -0.444 e. The number of rotatable bonds is 20. The first-order chi connectivity index (χ1) is 26.1. The number of carbonyl (C=O) groups is 4. The first-order valence-corrected chi connectivity index (χ1v) is 20.5. The van der Waals surface area contributed by atoms with Gasteiger partial charge in [0.2, 0.25) is 0 Å². The molecule has 4 aromatic rings. The van der Waals surface area contributed by atoms with E-state index < -0.39 is 12.1 Å². The van der Waals surface area contributed by atoms with E-state index in [0.717, 1.165) is 26.7 Å². The quantitative estimate of drug-likeness (QED) is 0.0979. The zero-order valence-corrected chi connectivity index (χ0v) is 33.1. The van der Waals surface area contributed by atoms with Crippen LogP contribution < -0.4 is 10.6 Å². The molecular formula is C41H52N6O5S2. The van der Waals surface area contributed by atoms with E-state index >= 15 is 0 Å². The molecule has 0 saturated carbocycles. The average molecular weight is 773 g/mol. The third-order valence-electron chi connectivity index (χ3n) is 9.59. The van der Waals surface area contributed by atoms with Crippen molar-refractivity contribution in [3.63, 3.8) is 0 Å². The molecule has 2 aromatic heterocycles. The summed E-state index contributed by atoms with van der Waals surface area (Å²) in [5, 5.41) is 9.12. The number of hydrogen-bond acceptors (Lipinski definition) is 10. The van der Waals surface area contributed by atoms with Crippen LogP contribution in [0.5, 0.6) is 0 Å². The van der Waals surface area contributed by atoms with Crippen LogP contribution in [-0.2, 0) is 40.3 Å². The van der Waals surface area contributed by atoms with Crippen LogP contribution in [0.2, 0.25) is 0 Å². The maximum atomic E-state index is 14.3. The van der Waals surface area contributed by atoms with Gasteiger partial charge in [0.05, 0.1) is 40.2 Å². The van der Waals surface area contributed by atoms with Gasteiger partial charge < -0.3 is 20.3 Å². The van der Waals surface area contributed by atoms with E-state index in [9.17, 15) is 19.2 Å². The summed E-state index contributed by atoms with van der Waals surface area (Å²) in [4.78, 5) is 66.0. The van der Waals surface area contributed by atoms with Crippen molar-refractivity contribution in [1.29, 1.82) is 0 Å². The molecule has 11 nitrogen and oxygen atoms in total. The molecule has 1 fully saturated rings. The summed E-state index contributed by atoms with van der Waals surface area (Å²) >= 11 is 3.01. The number of benzene rings is 2. The number of Topliss-reactive ketones (excluding diaryl/α,β-unsaturated/α-hetero) is 2. The summed E-state index contributed by atoms with van der Waals surface area (Å²) < 4.78 is 5.53. The Morgan fingerprint density at radius 1 is 0.944 bits per heavy atom. The molecule has 3 heterocycles. The van der Waals surface area contributed by atoms with E-state index in [4.69, 9.17) is 4.74 Å². The number of ketones is 2. The number of nitrogens with zero attached hydrogens (tertiary/aromatic N) is 4. The zero-order valence-electron chi connectivity index (χ0n) is 31.4. The van der Waals surface area contributed by atoms with E-state index in [-0.39, 0.29) is 42.6 Å². The fourth-order valence-electron chi connectivity index (χ4n) is 6.61. The van der Waals surface area contributed by atoms with Gasteiger partial charge in [-0.1, -0.05) is 74.5 Å². The average Bonchev–Trinajstić information content (AvgIpc) is 3.95. The number of nitrogens with one attached hydrogen (secondary N) is 2. The van der Waals surface area contributed by atoms with Crippen molar-refractivity contribution in [2.75, 3.05) is 26.7 Å². The Bertz CT molecular complexity index is 1770. The van der Waals surface area contributed by atoms with Crippen molar-refractivity contribution in [1.82, 2.24) is 30.4 Å². The highest BCUT2D eigenvalue weighted by atomic mass is 32.1. The van der Waals surface area contributed by atoms with Crippen molar-refractivity contribution >= 4 is 46.4 Å². The minimum absolute atomic E-state index is 0.0458. The lowest BCUT2D eigenvalue weighted by atomic mass is 9.86. The van der Waals surface area contributed by atoms with Gasteiger partial charge in [-0.15, -0.1) is 22.7 Å². The smallest absolute Gasteiger partial charge is 0.407 e. The molecule has 3 amide bonds. The second kappa shape index (κ2) is 20.8. The van der Waals surface area contributed by atoms with Crippen molar-refractivity contribution < 1.29 is 23.9 Å². The molecule has 3 atom stereocenters. The van der Waals surface area contributed by atoms with Crippen LogP contribution in [0.3, 0.4) is 0 Å². The molecule has 5 rings (SSSR count). The third-order valence-corrected chi connectivity index (χ3v) is 11.5. The van der Waals surface area contributed by atoms with Crippen LogP contribution in [0, 0.1) is 5.92 Å². The molecule has 0 aliphatic carbocycles. The van der Waals surface area contributed by atoms with Crippen molar-refractivity contribution in [3.05, 3.63) is 104 Å². The van der Waals surface area contributed by atoms with Gasteiger partial charge in [-0.25, -0.2) is 14.6 Å². The molecule has 288 valence electrons. The van der Waals surface area contributed by atoms with Crippen LogP contribution >= 0.6 is 22.7 Å². The predicted molar refractivity (Wildman–Crippen MR) is 213 cm³/mol. The summed E-state index contributed by atoms with van der Waals surface area (Å²) in [5.41, 5.74) is 4.72. The van der Waals surface area contributed by atoms with Crippen LogP contribution in [0.4, 0.5) is 9.59 Å². The van der Waals surface area contributed by atoms with E-state index in [1.807, 2.05) is 53.9 Å². The van der Waals surface area contributed by atoms with Crippen LogP contribution in [0.15, 0.2) is 77.8 Å². The molecule has 1 aliphatic rings. The third kappa shape index (κ3) is 13.4. The fourth-order valence-corrected chi connectivity index (χ4v) is 7.94. The van der Waals surface area contributed by atoms with Gasteiger partial charge in [0.15, 0.2) is 5.78 Å². The Morgan fingerprint density at radius 2 is 1.67 bits per heavy atom. The summed E-state index contributed by atoms with van der Waals surface area (Å²) in [6.07, 6.45) is 4.92. The number of amides is 3. The minimum atomic E-state index is -0.726. The number of likely N-dealkylation sites (tertiary alicyclic amines) is 1. The van der Waals surface area contributed by atoms with Crippen LogP contribution in [0.25, 0.3) is 0 Å². The maximum Gasteiger partial charge on any atom is 0.407 e. The van der Waals surface area contributed by atoms with Crippen molar-refractivity contribution in [3.8, 4) is 0 Å². The first kappa shape index (κ1) is 40.7. The van der Waals surface area contributed by atoms with E-state index in [1.54, 1.807) is 35.0 Å². The molecule has 3 unspecified atom stereocenters. The largest absolute Gasteiger partial charge is 0.444 e. The van der Waals surface area contributed by atoms with Crippen LogP contribution in [0.1, 0.15) is 78.6 Å². The van der Waals surface area contributed by atoms with Gasteiger partial charge in [-0.3, -0.25) is 19.5 Å². The molecule has 1 saturated heterocycles. The number of thiazole rings is 2. The summed E-state index contributed by atoms with van der Waals surface area (Å²) in [5.74, 6) is 0.400. The zero-order chi connectivity index (χ0) is 38.3. The van der Waals surface area contributed by atoms with Gasteiger partial charge in [0.1, 0.15) is 12.4 Å². The molecule has 2 aromatic carbocycles. The number of alkyl carbamates (subject to hydrolysis) is 1. The Labute approximate surface area is 326 Å². The van der Waals surface area contributed by atoms with E-state index in [1.165, 1.54) is 11.3 Å². The Kier molecular flexibility index (Phi) is 15.7. The Balaban J connectivity index is 1.28. The maximum absolute atomic E-state index is 14.3.